The molecule has 1 N–H and O–H groups in total. The number of carbonyl (C=O) groups excluding carboxylic acids is 1. The molecule has 1 aromatic heterocycles. The summed E-state index contributed by atoms with van der Waals surface area (Å²) in [7, 11) is 1.59. The van der Waals surface area contributed by atoms with Gasteiger partial charge in [0.05, 0.1) is 6.61 Å². The third-order valence-electron chi connectivity index (χ3n) is 4.13. The molecule has 0 atom stereocenters. The molecule has 0 radical (unpaired) electrons. The minimum atomic E-state index is -0.348. The van der Waals surface area contributed by atoms with Gasteiger partial charge in [0.2, 0.25) is 5.78 Å². The van der Waals surface area contributed by atoms with Crippen LogP contribution < -0.4 is 0 Å². The molecular formula is C23H21NO3. The maximum absolute atomic E-state index is 12.4. The summed E-state index contributed by atoms with van der Waals surface area (Å²) in [4.78, 5) is 16.5. The molecule has 27 heavy (non-hydrogen) atoms. The second-order valence-corrected chi connectivity index (χ2v) is 6.24. The number of aliphatic hydroxyl groups excluding tert-OH is 1. The molecule has 0 fully saturated rings. The SMILES string of the molecule is COCc1ccnc(C(=O)C=C(O)c2cccc(Cc3ccccc3)c2)c1. The molecule has 136 valence electrons. The molecule has 4 heteroatoms. The zero-order valence-corrected chi connectivity index (χ0v) is 15.1. The van der Waals surface area contributed by atoms with Gasteiger partial charge in [0, 0.05) is 24.9 Å². The van der Waals surface area contributed by atoms with Gasteiger partial charge in [-0.2, -0.15) is 0 Å². The van der Waals surface area contributed by atoms with E-state index in [1.807, 2.05) is 36.4 Å². The highest BCUT2D eigenvalue weighted by molar-refractivity contribution is 6.06. The standard InChI is InChI=1S/C23H21NO3/c1-27-16-19-10-11-24-21(14-19)23(26)15-22(25)20-9-5-8-18(13-20)12-17-6-3-2-4-7-17/h2-11,13-15,25H,12,16H2,1H3. The summed E-state index contributed by atoms with van der Waals surface area (Å²) in [6, 6.07) is 21.1. The number of aromatic nitrogens is 1. The number of benzene rings is 2. The molecule has 0 aliphatic rings. The molecule has 1 heterocycles. The fourth-order valence-corrected chi connectivity index (χ4v) is 2.82. The minimum absolute atomic E-state index is 0.0751. The fourth-order valence-electron chi connectivity index (χ4n) is 2.82. The summed E-state index contributed by atoms with van der Waals surface area (Å²) >= 11 is 0. The number of ether oxygens (including phenoxy) is 1. The molecule has 0 amide bonds. The zero-order valence-electron chi connectivity index (χ0n) is 15.1. The Kier molecular flexibility index (Phi) is 6.13. The van der Waals surface area contributed by atoms with Crippen LogP contribution in [0.15, 0.2) is 79.0 Å². The van der Waals surface area contributed by atoms with Crippen molar-refractivity contribution in [2.45, 2.75) is 13.0 Å². The van der Waals surface area contributed by atoms with E-state index in [9.17, 15) is 9.90 Å². The maximum Gasteiger partial charge on any atom is 0.207 e. The average Bonchev–Trinajstić information content (AvgIpc) is 2.69. The van der Waals surface area contributed by atoms with Gasteiger partial charge in [0.25, 0.3) is 0 Å². The number of rotatable bonds is 7. The van der Waals surface area contributed by atoms with E-state index in [0.717, 1.165) is 17.5 Å². The van der Waals surface area contributed by atoms with E-state index in [2.05, 4.69) is 17.1 Å². The Morgan fingerprint density at radius 3 is 2.56 bits per heavy atom. The predicted molar refractivity (Wildman–Crippen MR) is 106 cm³/mol. The molecule has 3 aromatic rings. The summed E-state index contributed by atoms with van der Waals surface area (Å²) in [6.07, 6.45) is 3.53. The van der Waals surface area contributed by atoms with Crippen LogP contribution in [0, 0.1) is 0 Å². The molecule has 0 saturated carbocycles. The van der Waals surface area contributed by atoms with Crippen LogP contribution in [-0.2, 0) is 17.8 Å². The number of aliphatic hydroxyl groups is 1. The number of ketones is 1. The van der Waals surface area contributed by atoms with E-state index >= 15 is 0 Å². The van der Waals surface area contributed by atoms with Crippen molar-refractivity contribution in [1.82, 2.24) is 4.98 Å². The molecular weight excluding hydrogens is 338 g/mol. The van der Waals surface area contributed by atoms with E-state index < -0.39 is 0 Å². The summed E-state index contributed by atoms with van der Waals surface area (Å²) in [5.41, 5.74) is 3.98. The number of hydrogen-bond donors (Lipinski definition) is 1. The first-order valence-corrected chi connectivity index (χ1v) is 8.68. The topological polar surface area (TPSA) is 59.4 Å². The van der Waals surface area contributed by atoms with Crippen molar-refractivity contribution in [3.8, 4) is 0 Å². The lowest BCUT2D eigenvalue weighted by molar-refractivity contribution is 0.104. The predicted octanol–water partition coefficient (Wildman–Crippen LogP) is 4.60. The van der Waals surface area contributed by atoms with E-state index in [-0.39, 0.29) is 17.2 Å². The summed E-state index contributed by atoms with van der Waals surface area (Å²) in [5.74, 6) is -0.423. The lowest BCUT2D eigenvalue weighted by Gasteiger charge is -2.06. The van der Waals surface area contributed by atoms with Gasteiger partial charge in [0.1, 0.15) is 11.5 Å². The molecule has 0 saturated heterocycles. The van der Waals surface area contributed by atoms with Gasteiger partial charge in [-0.15, -0.1) is 0 Å². The molecule has 0 aliphatic heterocycles. The van der Waals surface area contributed by atoms with Crippen molar-refractivity contribution in [3.63, 3.8) is 0 Å². The largest absolute Gasteiger partial charge is 0.507 e. The van der Waals surface area contributed by atoms with Gasteiger partial charge in [-0.1, -0.05) is 48.5 Å². The van der Waals surface area contributed by atoms with Crippen LogP contribution >= 0.6 is 0 Å². The van der Waals surface area contributed by atoms with Gasteiger partial charge in [-0.3, -0.25) is 9.78 Å². The summed E-state index contributed by atoms with van der Waals surface area (Å²) in [6.45, 7) is 0.403. The second-order valence-electron chi connectivity index (χ2n) is 6.24. The molecule has 0 aliphatic carbocycles. The van der Waals surface area contributed by atoms with Crippen molar-refractivity contribution in [1.29, 1.82) is 0 Å². The molecule has 0 bridgehead atoms. The van der Waals surface area contributed by atoms with Crippen LogP contribution in [0.4, 0.5) is 0 Å². The summed E-state index contributed by atoms with van der Waals surface area (Å²) < 4.78 is 5.07. The van der Waals surface area contributed by atoms with Gasteiger partial charge < -0.3 is 9.84 Å². The van der Waals surface area contributed by atoms with E-state index in [1.54, 1.807) is 31.5 Å². The Hall–Kier alpha value is -3.24. The van der Waals surface area contributed by atoms with Crippen molar-refractivity contribution in [2.24, 2.45) is 0 Å². The number of nitrogens with zero attached hydrogens (tertiary/aromatic N) is 1. The van der Waals surface area contributed by atoms with Crippen molar-refractivity contribution in [3.05, 3.63) is 107 Å². The number of hydrogen-bond acceptors (Lipinski definition) is 4. The number of pyridine rings is 1. The van der Waals surface area contributed by atoms with Gasteiger partial charge in [-0.05, 0) is 41.3 Å². The van der Waals surface area contributed by atoms with E-state index in [1.165, 1.54) is 11.6 Å². The zero-order chi connectivity index (χ0) is 19.1. The second kappa shape index (κ2) is 8.92. The van der Waals surface area contributed by atoms with Crippen LogP contribution in [0.3, 0.4) is 0 Å². The number of methoxy groups -OCH3 is 1. The Labute approximate surface area is 158 Å². The highest BCUT2D eigenvalue weighted by Gasteiger charge is 2.09. The molecule has 3 rings (SSSR count). The van der Waals surface area contributed by atoms with E-state index in [0.29, 0.717) is 12.2 Å². The molecule has 0 unspecified atom stereocenters. The van der Waals surface area contributed by atoms with Crippen molar-refractivity contribution < 1.29 is 14.6 Å². The number of carbonyl (C=O) groups is 1. The molecule has 4 nitrogen and oxygen atoms in total. The minimum Gasteiger partial charge on any atom is -0.507 e. The summed E-state index contributed by atoms with van der Waals surface area (Å²) in [5, 5.41) is 10.4. The third kappa shape index (κ3) is 5.12. The van der Waals surface area contributed by atoms with Crippen molar-refractivity contribution in [2.75, 3.05) is 7.11 Å². The molecule has 0 spiro atoms. The van der Waals surface area contributed by atoms with Crippen LogP contribution in [0.1, 0.15) is 32.7 Å². The number of allylic oxidation sites excluding steroid dienone is 1. The maximum atomic E-state index is 12.4. The van der Waals surface area contributed by atoms with Gasteiger partial charge in [0.15, 0.2) is 0 Å². The lowest BCUT2D eigenvalue weighted by atomic mass is 10.0. The van der Waals surface area contributed by atoms with Crippen LogP contribution in [0.5, 0.6) is 0 Å². The quantitative estimate of drug-likeness (QED) is 0.380. The Balaban J connectivity index is 1.78. The first kappa shape index (κ1) is 18.5. The van der Waals surface area contributed by atoms with Gasteiger partial charge >= 0.3 is 0 Å². The lowest BCUT2D eigenvalue weighted by Crippen LogP contribution is -2.02. The van der Waals surface area contributed by atoms with Crippen molar-refractivity contribution >= 4 is 11.5 Å². The Bertz CT molecular complexity index is 949. The highest BCUT2D eigenvalue weighted by Crippen LogP contribution is 2.17. The fraction of sp³-hybridized carbons (Fsp3) is 0.130. The van der Waals surface area contributed by atoms with Crippen LogP contribution in [-0.4, -0.2) is 23.0 Å². The molecule has 2 aromatic carbocycles. The van der Waals surface area contributed by atoms with Gasteiger partial charge in [-0.25, -0.2) is 0 Å². The first-order valence-electron chi connectivity index (χ1n) is 8.68. The normalized spacial score (nSPS) is 11.4. The highest BCUT2D eigenvalue weighted by atomic mass is 16.5. The smallest absolute Gasteiger partial charge is 0.207 e. The van der Waals surface area contributed by atoms with E-state index in [4.69, 9.17) is 4.74 Å². The third-order valence-corrected chi connectivity index (χ3v) is 4.13. The average molecular weight is 359 g/mol. The Morgan fingerprint density at radius 2 is 1.78 bits per heavy atom. The monoisotopic (exact) mass is 359 g/mol. The first-order chi connectivity index (χ1) is 13.2. The van der Waals surface area contributed by atoms with Crippen LogP contribution in [0.25, 0.3) is 5.76 Å². The Morgan fingerprint density at radius 1 is 1.00 bits per heavy atom. The van der Waals surface area contributed by atoms with Crippen LogP contribution in [0.2, 0.25) is 0 Å².